The minimum atomic E-state index is -1.80. The molecule has 0 spiro atoms. The van der Waals surface area contributed by atoms with Gasteiger partial charge in [0.2, 0.25) is 5.78 Å². The third kappa shape index (κ3) is 4.43. The summed E-state index contributed by atoms with van der Waals surface area (Å²) in [6, 6.07) is 0. The van der Waals surface area contributed by atoms with E-state index in [1.54, 1.807) is 12.2 Å². The summed E-state index contributed by atoms with van der Waals surface area (Å²) in [4.78, 5) is 77.3. The number of rotatable bonds is 7. The number of carbonyl (C=O) groups is 6. The number of allylic oxidation sites excluding steroid dienone is 4. The first kappa shape index (κ1) is 28.4. The number of esters is 1. The van der Waals surface area contributed by atoms with E-state index in [1.165, 1.54) is 0 Å². The van der Waals surface area contributed by atoms with Crippen molar-refractivity contribution in [3.05, 3.63) is 23.8 Å². The summed E-state index contributed by atoms with van der Waals surface area (Å²) >= 11 is 0. The second kappa shape index (κ2) is 10.0. The fourth-order valence-electron chi connectivity index (χ4n) is 8.14. The van der Waals surface area contributed by atoms with Gasteiger partial charge in [0.25, 0.3) is 11.8 Å². The normalized spacial score (nSPS) is 38.4. The molecule has 2 N–H and O–H groups in total. The number of nitrogens with zero attached hydrogens (tertiary/aromatic N) is 1. The summed E-state index contributed by atoms with van der Waals surface area (Å²) in [6.45, 7) is 3.19. The lowest BCUT2D eigenvalue weighted by molar-refractivity contribution is -0.197. The molecule has 0 unspecified atom stereocenters. The quantitative estimate of drug-likeness (QED) is 0.346. The molecule has 4 fully saturated rings. The molecule has 0 aromatic carbocycles. The van der Waals surface area contributed by atoms with Crippen LogP contribution in [0, 0.1) is 28.6 Å². The van der Waals surface area contributed by atoms with Crippen LogP contribution in [0.25, 0.3) is 0 Å². The Morgan fingerprint density at radius 1 is 1.02 bits per heavy atom. The third-order valence-electron chi connectivity index (χ3n) is 10.2. The van der Waals surface area contributed by atoms with Gasteiger partial charge in [-0.2, -0.15) is 0 Å². The maximum Gasteiger partial charge on any atom is 0.333 e. The van der Waals surface area contributed by atoms with E-state index in [0.29, 0.717) is 17.9 Å². The summed E-state index contributed by atoms with van der Waals surface area (Å²) in [7, 11) is 0. The van der Waals surface area contributed by atoms with Crippen LogP contribution in [0.4, 0.5) is 0 Å². The van der Waals surface area contributed by atoms with Crippen molar-refractivity contribution in [3.63, 3.8) is 0 Å². The molecule has 5 rings (SSSR count). The van der Waals surface area contributed by atoms with Crippen LogP contribution in [-0.4, -0.2) is 68.9 Å². The molecule has 4 aliphatic carbocycles. The highest BCUT2D eigenvalue weighted by Crippen LogP contribution is 2.67. The van der Waals surface area contributed by atoms with E-state index in [0.717, 1.165) is 12.0 Å². The second-order valence-electron chi connectivity index (χ2n) is 12.2. The zero-order valence-electron chi connectivity index (χ0n) is 22.7. The molecule has 0 bridgehead atoms. The fourth-order valence-corrected chi connectivity index (χ4v) is 8.14. The Morgan fingerprint density at radius 3 is 2.40 bits per heavy atom. The van der Waals surface area contributed by atoms with Gasteiger partial charge in [0.15, 0.2) is 12.4 Å². The van der Waals surface area contributed by atoms with Crippen LogP contribution in [-0.2, 0) is 38.3 Å². The standard InChI is InChI=1S/C29H35NO10/c1-27-11-9-17(31)13-16(27)3-4-18-19-10-12-29(38,28(19,2)14-20(32)26(18)27)21(33)15-39-24(36)7-8-25(37)40-30-22(34)5-6-23(30)35/h9,11,13,18-20,26,32,38H,3-8,10,12,14-15H2,1-2H3/t18-,19-,20+,26+,27+,28+,29-/m1/s1. The van der Waals surface area contributed by atoms with Gasteiger partial charge in [-0.3, -0.25) is 24.0 Å². The van der Waals surface area contributed by atoms with Crippen LogP contribution >= 0.6 is 0 Å². The molecule has 3 saturated carbocycles. The number of carbonyl (C=O) groups excluding carboxylic acids is 6. The molecule has 0 radical (unpaired) electrons. The van der Waals surface area contributed by atoms with E-state index < -0.39 is 71.5 Å². The number of hydroxylamine groups is 2. The van der Waals surface area contributed by atoms with E-state index in [4.69, 9.17) is 9.57 Å². The SMILES string of the molecule is C[C@]12C=CC(=O)C=C1CC[C@H]1[C@H]2[C@@H](O)C[C@@]2(C)[C@@H]1CC[C@@]2(O)C(=O)COC(=O)CCC(=O)ON1C(=O)CCC1=O. The molecule has 11 nitrogen and oxygen atoms in total. The van der Waals surface area contributed by atoms with Crippen molar-refractivity contribution < 1.29 is 48.6 Å². The van der Waals surface area contributed by atoms with Gasteiger partial charge in [-0.15, -0.1) is 5.06 Å². The molecule has 0 aromatic rings. The second-order valence-corrected chi connectivity index (χ2v) is 12.2. The highest BCUT2D eigenvalue weighted by Gasteiger charge is 2.68. The van der Waals surface area contributed by atoms with Crippen LogP contribution in [0.2, 0.25) is 0 Å². The summed E-state index contributed by atoms with van der Waals surface area (Å²) in [5, 5.41) is 23.6. The average Bonchev–Trinajstić information content (AvgIpc) is 3.36. The van der Waals surface area contributed by atoms with Gasteiger partial charge in [-0.25, -0.2) is 4.79 Å². The van der Waals surface area contributed by atoms with E-state index in [9.17, 15) is 39.0 Å². The molecule has 0 aromatic heterocycles. The van der Waals surface area contributed by atoms with Crippen LogP contribution in [0.5, 0.6) is 0 Å². The van der Waals surface area contributed by atoms with E-state index in [-0.39, 0.29) is 49.2 Å². The number of aliphatic hydroxyl groups is 2. The van der Waals surface area contributed by atoms with Gasteiger partial charge in [0, 0.05) is 29.6 Å². The minimum Gasteiger partial charge on any atom is -0.458 e. The van der Waals surface area contributed by atoms with Crippen molar-refractivity contribution in [2.45, 2.75) is 83.3 Å². The number of hydrogen-bond acceptors (Lipinski definition) is 10. The fraction of sp³-hybridized carbons (Fsp3) is 0.655. The molecular formula is C29H35NO10. The van der Waals surface area contributed by atoms with Crippen LogP contribution in [0.15, 0.2) is 23.8 Å². The smallest absolute Gasteiger partial charge is 0.333 e. The van der Waals surface area contributed by atoms with Crippen molar-refractivity contribution in [1.29, 1.82) is 0 Å². The molecule has 5 aliphatic rings. The number of fused-ring (bicyclic) bond motifs is 5. The summed E-state index contributed by atoms with van der Waals surface area (Å²) in [5.41, 5.74) is -2.17. The largest absolute Gasteiger partial charge is 0.458 e. The first-order valence-electron chi connectivity index (χ1n) is 13.9. The summed E-state index contributed by atoms with van der Waals surface area (Å²) in [5.74, 6) is -3.94. The Labute approximate surface area is 231 Å². The van der Waals surface area contributed by atoms with Crippen molar-refractivity contribution in [1.82, 2.24) is 5.06 Å². The van der Waals surface area contributed by atoms with Gasteiger partial charge in [0.1, 0.15) is 5.60 Å². The van der Waals surface area contributed by atoms with Crippen molar-refractivity contribution >= 4 is 35.3 Å². The number of aliphatic hydroxyl groups excluding tert-OH is 1. The molecule has 2 amide bonds. The van der Waals surface area contributed by atoms with Crippen LogP contribution in [0.3, 0.4) is 0 Å². The van der Waals surface area contributed by atoms with E-state index >= 15 is 0 Å². The number of Topliss-reactive ketones (excluding diaryl/α,β-unsaturated/α-hetero) is 1. The Kier molecular flexibility index (Phi) is 7.11. The van der Waals surface area contributed by atoms with E-state index in [2.05, 4.69) is 0 Å². The number of hydrogen-bond donors (Lipinski definition) is 2. The lowest BCUT2D eigenvalue weighted by Crippen LogP contribution is -2.61. The zero-order chi connectivity index (χ0) is 29.0. The maximum atomic E-state index is 13.3. The van der Waals surface area contributed by atoms with E-state index in [1.807, 2.05) is 19.9 Å². The van der Waals surface area contributed by atoms with Gasteiger partial charge in [0.05, 0.1) is 18.9 Å². The van der Waals surface area contributed by atoms with Gasteiger partial charge in [-0.1, -0.05) is 25.5 Å². The minimum absolute atomic E-state index is 0.0403. The Bertz CT molecular complexity index is 1220. The molecule has 40 heavy (non-hydrogen) atoms. The Morgan fingerprint density at radius 2 is 1.70 bits per heavy atom. The predicted octanol–water partition coefficient (Wildman–Crippen LogP) is 1.50. The van der Waals surface area contributed by atoms with Crippen molar-refractivity contribution in [2.75, 3.05) is 6.61 Å². The number of amides is 2. The average molecular weight is 558 g/mol. The highest BCUT2D eigenvalue weighted by atomic mass is 16.7. The van der Waals surface area contributed by atoms with Gasteiger partial charge >= 0.3 is 11.9 Å². The monoisotopic (exact) mass is 557 g/mol. The first-order chi connectivity index (χ1) is 18.8. The molecule has 11 heteroatoms. The summed E-state index contributed by atoms with van der Waals surface area (Å²) in [6.07, 6.45) is 5.73. The van der Waals surface area contributed by atoms with Crippen molar-refractivity contribution in [3.8, 4) is 0 Å². The molecule has 216 valence electrons. The molecule has 1 heterocycles. The molecular weight excluding hydrogens is 522 g/mol. The summed E-state index contributed by atoms with van der Waals surface area (Å²) < 4.78 is 5.08. The first-order valence-corrected chi connectivity index (χ1v) is 13.9. The molecule has 1 aliphatic heterocycles. The number of ketones is 2. The highest BCUT2D eigenvalue weighted by molar-refractivity contribution is 6.02. The zero-order valence-corrected chi connectivity index (χ0v) is 22.7. The lowest BCUT2D eigenvalue weighted by atomic mass is 9.46. The Hall–Kier alpha value is -3.18. The Balaban J connectivity index is 1.20. The van der Waals surface area contributed by atoms with Gasteiger partial charge in [-0.05, 0) is 56.1 Å². The van der Waals surface area contributed by atoms with Gasteiger partial charge < -0.3 is 19.8 Å². The topological polar surface area (TPSA) is 165 Å². The predicted molar refractivity (Wildman–Crippen MR) is 135 cm³/mol. The van der Waals surface area contributed by atoms with Crippen LogP contribution in [0.1, 0.15) is 71.6 Å². The molecule has 1 saturated heterocycles. The number of ether oxygens (including phenoxy) is 1. The lowest BCUT2D eigenvalue weighted by Gasteiger charge is -2.59. The number of imide groups is 1. The molecule has 7 atom stereocenters. The van der Waals surface area contributed by atoms with Crippen molar-refractivity contribution in [2.24, 2.45) is 28.6 Å². The maximum absolute atomic E-state index is 13.3. The third-order valence-corrected chi connectivity index (χ3v) is 10.2. The van der Waals surface area contributed by atoms with Crippen LogP contribution < -0.4 is 0 Å².